The molecule has 0 aliphatic carbocycles. The van der Waals surface area contributed by atoms with Crippen LogP contribution in [0.3, 0.4) is 0 Å². The van der Waals surface area contributed by atoms with Gasteiger partial charge in [-0.15, -0.1) is 0 Å². The smallest absolute Gasteiger partial charge is 0.340 e. The van der Waals surface area contributed by atoms with E-state index in [9.17, 15) is 14.4 Å². The Morgan fingerprint density at radius 3 is 2.16 bits per heavy atom. The number of aromatic nitrogens is 1. The summed E-state index contributed by atoms with van der Waals surface area (Å²) in [5.74, 6) is -0.386. The molecule has 178 valence electrons. The van der Waals surface area contributed by atoms with Crippen LogP contribution in [0.5, 0.6) is 0 Å². The molecular weight excluding hydrogens is 412 g/mol. The lowest BCUT2D eigenvalue weighted by Crippen LogP contribution is -2.51. The summed E-state index contributed by atoms with van der Waals surface area (Å²) in [6.07, 6.45) is 4.58. The van der Waals surface area contributed by atoms with E-state index in [1.165, 1.54) is 12.8 Å². The Kier molecular flexibility index (Phi) is 8.69. The Morgan fingerprint density at radius 1 is 0.875 bits per heavy atom. The second kappa shape index (κ2) is 11.5. The van der Waals surface area contributed by atoms with Crippen LogP contribution in [0.15, 0.2) is 0 Å². The molecule has 1 aromatic heterocycles. The van der Waals surface area contributed by atoms with E-state index in [4.69, 9.17) is 9.47 Å². The number of amides is 2. The zero-order chi connectivity index (χ0) is 23.1. The highest BCUT2D eigenvalue weighted by atomic mass is 16.6. The first-order valence-electron chi connectivity index (χ1n) is 11.6. The van der Waals surface area contributed by atoms with Gasteiger partial charge in [0.25, 0.3) is 5.91 Å². The summed E-state index contributed by atoms with van der Waals surface area (Å²) in [6.45, 7) is 8.59. The van der Waals surface area contributed by atoms with Crippen LogP contribution < -0.4 is 0 Å². The van der Waals surface area contributed by atoms with E-state index in [0.717, 1.165) is 25.9 Å². The van der Waals surface area contributed by atoms with Crippen molar-refractivity contribution >= 4 is 17.8 Å². The summed E-state index contributed by atoms with van der Waals surface area (Å²) in [5, 5.41) is 0. The van der Waals surface area contributed by atoms with E-state index >= 15 is 0 Å². The number of H-pyrrole nitrogens is 1. The van der Waals surface area contributed by atoms with Crippen LogP contribution in [0.4, 0.5) is 0 Å². The Balaban J connectivity index is 1.54. The highest BCUT2D eigenvalue weighted by Crippen LogP contribution is 2.21. The second-order valence-electron chi connectivity index (χ2n) is 8.62. The van der Waals surface area contributed by atoms with E-state index in [1.54, 1.807) is 25.9 Å². The van der Waals surface area contributed by atoms with Crippen LogP contribution in [0.25, 0.3) is 0 Å². The molecule has 3 heterocycles. The lowest BCUT2D eigenvalue weighted by molar-refractivity contribution is -0.132. The molecule has 0 spiro atoms. The van der Waals surface area contributed by atoms with Gasteiger partial charge >= 0.3 is 5.97 Å². The third kappa shape index (κ3) is 5.89. The van der Waals surface area contributed by atoms with Crippen molar-refractivity contribution in [1.82, 2.24) is 19.7 Å². The summed E-state index contributed by atoms with van der Waals surface area (Å²) in [4.78, 5) is 47.1. The molecule has 2 amide bonds. The highest BCUT2D eigenvalue weighted by molar-refractivity contribution is 6.00. The minimum absolute atomic E-state index is 0.125. The predicted molar refractivity (Wildman–Crippen MR) is 120 cm³/mol. The van der Waals surface area contributed by atoms with Crippen LogP contribution in [-0.2, 0) is 14.3 Å². The summed E-state index contributed by atoms with van der Waals surface area (Å²) in [5.41, 5.74) is 2.06. The molecule has 2 fully saturated rings. The fourth-order valence-electron chi connectivity index (χ4n) is 4.44. The van der Waals surface area contributed by atoms with Gasteiger partial charge in [0.1, 0.15) is 12.3 Å². The van der Waals surface area contributed by atoms with Crippen LogP contribution in [0, 0.1) is 13.8 Å². The van der Waals surface area contributed by atoms with Crippen LogP contribution in [0.1, 0.15) is 57.8 Å². The van der Waals surface area contributed by atoms with E-state index in [1.807, 2.05) is 4.90 Å². The van der Waals surface area contributed by atoms with E-state index < -0.39 is 5.97 Å². The van der Waals surface area contributed by atoms with Gasteiger partial charge in [-0.3, -0.25) is 14.5 Å². The Hall–Kier alpha value is -2.39. The molecule has 0 aromatic carbocycles. The molecule has 2 aliphatic rings. The van der Waals surface area contributed by atoms with E-state index in [-0.39, 0.29) is 18.4 Å². The number of aryl methyl sites for hydroxylation is 1. The fourth-order valence-corrected chi connectivity index (χ4v) is 4.44. The number of aromatic amines is 1. The number of methoxy groups -OCH3 is 1. The largest absolute Gasteiger partial charge is 0.460 e. The summed E-state index contributed by atoms with van der Waals surface area (Å²) in [6, 6.07) is 0. The molecule has 0 atom stereocenters. The number of carbonyl (C=O) groups excluding carboxylic acids is 3. The molecule has 0 bridgehead atoms. The van der Waals surface area contributed by atoms with Crippen molar-refractivity contribution in [3.05, 3.63) is 22.5 Å². The first kappa shape index (κ1) is 24.3. The average molecular weight is 449 g/mol. The number of hydrogen-bond acceptors (Lipinski definition) is 6. The SMILES string of the molecule is COCCOC(=O)c1c(C)[nH]c(C(=O)N2CCN(CC(=O)N3CCCCCC3)CC2)c1C. The maximum absolute atomic E-state index is 13.1. The summed E-state index contributed by atoms with van der Waals surface area (Å²) >= 11 is 0. The predicted octanol–water partition coefficient (Wildman–Crippen LogP) is 1.60. The number of hydrogen-bond donors (Lipinski definition) is 1. The van der Waals surface area contributed by atoms with Gasteiger partial charge in [0.15, 0.2) is 0 Å². The first-order valence-corrected chi connectivity index (χ1v) is 11.6. The van der Waals surface area contributed by atoms with Crippen molar-refractivity contribution in [2.24, 2.45) is 0 Å². The van der Waals surface area contributed by atoms with Gasteiger partial charge in [-0.1, -0.05) is 12.8 Å². The lowest BCUT2D eigenvalue weighted by atomic mass is 10.1. The quantitative estimate of drug-likeness (QED) is 0.503. The summed E-state index contributed by atoms with van der Waals surface area (Å²) < 4.78 is 10.1. The summed E-state index contributed by atoms with van der Waals surface area (Å²) in [7, 11) is 1.54. The number of piperazine rings is 1. The van der Waals surface area contributed by atoms with E-state index in [2.05, 4.69) is 9.88 Å². The molecule has 2 aliphatic heterocycles. The molecule has 9 nitrogen and oxygen atoms in total. The number of ether oxygens (including phenoxy) is 2. The molecular formula is C23H36N4O5. The van der Waals surface area contributed by atoms with E-state index in [0.29, 0.717) is 61.8 Å². The number of likely N-dealkylation sites (tertiary alicyclic amines) is 1. The zero-order valence-corrected chi connectivity index (χ0v) is 19.6. The minimum atomic E-state index is -0.454. The van der Waals surface area contributed by atoms with Crippen molar-refractivity contribution in [1.29, 1.82) is 0 Å². The van der Waals surface area contributed by atoms with Gasteiger partial charge < -0.3 is 24.3 Å². The molecule has 1 aromatic rings. The van der Waals surface area contributed by atoms with Gasteiger partial charge in [-0.05, 0) is 32.3 Å². The monoisotopic (exact) mass is 448 g/mol. The van der Waals surface area contributed by atoms with Crippen molar-refractivity contribution in [2.75, 3.05) is 66.1 Å². The van der Waals surface area contributed by atoms with Gasteiger partial charge in [0.2, 0.25) is 5.91 Å². The second-order valence-corrected chi connectivity index (χ2v) is 8.62. The maximum atomic E-state index is 13.1. The molecule has 0 radical (unpaired) electrons. The van der Waals surface area contributed by atoms with Crippen LogP contribution >= 0.6 is 0 Å². The van der Waals surface area contributed by atoms with Gasteiger partial charge in [-0.25, -0.2) is 4.79 Å². The molecule has 0 unspecified atom stereocenters. The highest BCUT2D eigenvalue weighted by Gasteiger charge is 2.29. The Labute approximate surface area is 190 Å². The van der Waals surface area contributed by atoms with Crippen LogP contribution in [-0.4, -0.2) is 104 Å². The maximum Gasteiger partial charge on any atom is 0.340 e. The molecule has 2 saturated heterocycles. The van der Waals surface area contributed by atoms with Crippen molar-refractivity contribution < 1.29 is 23.9 Å². The van der Waals surface area contributed by atoms with Crippen LogP contribution in [0.2, 0.25) is 0 Å². The van der Waals surface area contributed by atoms with Crippen molar-refractivity contribution in [3.63, 3.8) is 0 Å². The lowest BCUT2D eigenvalue weighted by Gasteiger charge is -2.35. The first-order chi connectivity index (χ1) is 15.4. The van der Waals surface area contributed by atoms with Gasteiger partial charge in [0.05, 0.1) is 18.7 Å². The third-order valence-corrected chi connectivity index (χ3v) is 6.35. The number of carbonyl (C=O) groups is 3. The average Bonchev–Trinajstić information content (AvgIpc) is 2.95. The third-order valence-electron chi connectivity index (χ3n) is 6.35. The fraction of sp³-hybridized carbons (Fsp3) is 0.696. The normalized spacial score (nSPS) is 17.8. The Morgan fingerprint density at radius 2 is 1.53 bits per heavy atom. The molecule has 32 heavy (non-hydrogen) atoms. The Bertz CT molecular complexity index is 806. The number of esters is 1. The molecule has 0 saturated carbocycles. The molecule has 3 rings (SSSR count). The number of rotatable bonds is 7. The molecule has 1 N–H and O–H groups in total. The van der Waals surface area contributed by atoms with Gasteiger partial charge in [-0.2, -0.15) is 0 Å². The number of nitrogens with one attached hydrogen (secondary N) is 1. The van der Waals surface area contributed by atoms with Crippen molar-refractivity contribution in [3.8, 4) is 0 Å². The zero-order valence-electron chi connectivity index (χ0n) is 19.6. The van der Waals surface area contributed by atoms with Gasteiger partial charge in [0, 0.05) is 52.1 Å². The van der Waals surface area contributed by atoms with Crippen molar-refractivity contribution in [2.45, 2.75) is 39.5 Å². The molecule has 9 heteroatoms. The minimum Gasteiger partial charge on any atom is -0.460 e. The topological polar surface area (TPSA) is 95.2 Å². The number of nitrogens with zero attached hydrogens (tertiary/aromatic N) is 3. The standard InChI is InChI=1S/C23H36N4O5/c1-17-20(23(30)32-15-14-31-3)18(2)24-21(17)22(29)27-12-10-25(11-13-27)16-19(28)26-8-6-4-5-7-9-26/h24H,4-16H2,1-3H3.